The largest absolute Gasteiger partial charge is 0.304 e. The molecule has 2 aromatic rings. The molecule has 0 aliphatic rings. The normalized spacial score (nSPS) is 11.5. The van der Waals surface area contributed by atoms with Crippen LogP contribution in [0.25, 0.3) is 10.2 Å². The zero-order chi connectivity index (χ0) is 14.7. The third-order valence-corrected chi connectivity index (χ3v) is 3.71. The number of non-ortho nitro benzene ring substituents is 1. The minimum Gasteiger partial charge on any atom is -0.304 e. The van der Waals surface area contributed by atoms with E-state index in [0.717, 1.165) is 4.70 Å². The average molecular weight is 289 g/mol. The fourth-order valence-corrected chi connectivity index (χ4v) is 2.71. The van der Waals surface area contributed by atoms with Crippen molar-refractivity contribution in [1.29, 1.82) is 0 Å². The number of carbonyl (C=O) groups is 1. The number of hydrogen-bond donors (Lipinski definition) is 0. The van der Waals surface area contributed by atoms with Crippen LogP contribution in [0.15, 0.2) is 23.2 Å². The maximum absolute atomic E-state index is 11.5. The standard InChI is InChI=1S/C13H11N3O3S/c1-3-7-15-10-8-9(16(18)19)5-6-11(10)20-13(15)14-12(17)4-2/h1,5-6,8H,4,7H2,2H3. The number of carbonyl (C=O) groups excluding carboxylic acids is 1. The van der Waals surface area contributed by atoms with Crippen LogP contribution >= 0.6 is 11.3 Å². The Hall–Kier alpha value is -2.46. The number of aromatic nitrogens is 1. The van der Waals surface area contributed by atoms with Gasteiger partial charge in [0.15, 0.2) is 4.80 Å². The predicted octanol–water partition coefficient (Wildman–Crippen LogP) is 2.08. The number of nitro groups is 1. The summed E-state index contributed by atoms with van der Waals surface area (Å²) in [4.78, 5) is 26.3. The molecule has 0 N–H and O–H groups in total. The van der Waals surface area contributed by atoms with E-state index >= 15 is 0 Å². The Morgan fingerprint density at radius 3 is 2.95 bits per heavy atom. The Bertz CT molecular complexity index is 795. The maximum Gasteiger partial charge on any atom is 0.271 e. The topological polar surface area (TPSA) is 77.5 Å². The van der Waals surface area contributed by atoms with E-state index in [1.54, 1.807) is 17.6 Å². The van der Waals surface area contributed by atoms with Gasteiger partial charge in [-0.3, -0.25) is 14.9 Å². The number of benzene rings is 1. The number of terminal acetylenes is 1. The van der Waals surface area contributed by atoms with Crippen LogP contribution in [0.1, 0.15) is 13.3 Å². The number of fused-ring (bicyclic) bond motifs is 1. The van der Waals surface area contributed by atoms with Crippen LogP contribution in [0, 0.1) is 22.5 Å². The first kappa shape index (κ1) is 14.0. The van der Waals surface area contributed by atoms with Gasteiger partial charge < -0.3 is 4.57 Å². The van der Waals surface area contributed by atoms with Crippen LogP contribution in [0.5, 0.6) is 0 Å². The van der Waals surface area contributed by atoms with Crippen LogP contribution < -0.4 is 4.80 Å². The van der Waals surface area contributed by atoms with Gasteiger partial charge in [-0.1, -0.05) is 24.2 Å². The number of thiazole rings is 1. The molecule has 1 aromatic heterocycles. The minimum absolute atomic E-state index is 0.0190. The van der Waals surface area contributed by atoms with Crippen molar-refractivity contribution in [3.8, 4) is 12.3 Å². The summed E-state index contributed by atoms with van der Waals surface area (Å²) >= 11 is 1.29. The second kappa shape index (κ2) is 5.67. The summed E-state index contributed by atoms with van der Waals surface area (Å²) in [6.45, 7) is 1.92. The van der Waals surface area contributed by atoms with E-state index in [9.17, 15) is 14.9 Å². The number of nitro benzene ring substituents is 1. The SMILES string of the molecule is C#CCn1c(=NC(=O)CC)sc2ccc([N+](=O)[O-])cc21. The fraction of sp³-hybridized carbons (Fsp3) is 0.231. The van der Waals surface area contributed by atoms with Gasteiger partial charge in [0.05, 0.1) is 21.7 Å². The molecule has 0 aliphatic carbocycles. The summed E-state index contributed by atoms with van der Waals surface area (Å²) in [6, 6.07) is 4.50. The molecule has 1 aromatic carbocycles. The van der Waals surface area contributed by atoms with Crippen molar-refractivity contribution >= 4 is 33.1 Å². The Morgan fingerprint density at radius 2 is 2.35 bits per heavy atom. The number of amides is 1. The van der Waals surface area contributed by atoms with E-state index in [4.69, 9.17) is 6.42 Å². The monoisotopic (exact) mass is 289 g/mol. The molecule has 102 valence electrons. The number of hydrogen-bond acceptors (Lipinski definition) is 4. The van der Waals surface area contributed by atoms with Gasteiger partial charge in [0.1, 0.15) is 0 Å². The Morgan fingerprint density at radius 1 is 1.60 bits per heavy atom. The molecule has 0 unspecified atom stereocenters. The van der Waals surface area contributed by atoms with Crippen molar-refractivity contribution in [2.24, 2.45) is 4.99 Å². The molecule has 0 spiro atoms. The Labute approximate surface area is 118 Å². The van der Waals surface area contributed by atoms with Gasteiger partial charge in [0.2, 0.25) is 5.91 Å². The van der Waals surface area contributed by atoms with Crippen LogP contribution in [0.4, 0.5) is 5.69 Å². The summed E-state index contributed by atoms with van der Waals surface area (Å²) in [6.07, 6.45) is 5.61. The average Bonchev–Trinajstić information content (AvgIpc) is 2.76. The summed E-state index contributed by atoms with van der Waals surface area (Å²) in [7, 11) is 0. The molecule has 2 rings (SSSR count). The highest BCUT2D eigenvalue weighted by atomic mass is 32.1. The summed E-state index contributed by atoms with van der Waals surface area (Å²) in [5, 5.41) is 10.8. The van der Waals surface area contributed by atoms with E-state index in [1.165, 1.54) is 23.5 Å². The van der Waals surface area contributed by atoms with Crippen molar-refractivity contribution in [2.45, 2.75) is 19.9 Å². The Balaban J connectivity index is 2.74. The molecule has 0 saturated carbocycles. The number of nitrogens with zero attached hydrogens (tertiary/aromatic N) is 3. The molecule has 1 amide bonds. The van der Waals surface area contributed by atoms with Gasteiger partial charge in [-0.15, -0.1) is 6.42 Å². The third kappa shape index (κ3) is 2.60. The summed E-state index contributed by atoms with van der Waals surface area (Å²) < 4.78 is 2.44. The van der Waals surface area contributed by atoms with Gasteiger partial charge in [-0.05, 0) is 6.07 Å². The van der Waals surface area contributed by atoms with Crippen LogP contribution in [0.2, 0.25) is 0 Å². The third-order valence-electron chi connectivity index (χ3n) is 2.65. The van der Waals surface area contributed by atoms with Gasteiger partial charge in [-0.25, -0.2) is 0 Å². The molecule has 1 heterocycles. The molecular weight excluding hydrogens is 278 g/mol. The second-order valence-electron chi connectivity index (χ2n) is 3.94. The van der Waals surface area contributed by atoms with Crippen molar-refractivity contribution in [1.82, 2.24) is 4.57 Å². The highest BCUT2D eigenvalue weighted by molar-refractivity contribution is 7.16. The fourth-order valence-electron chi connectivity index (χ4n) is 1.69. The Kier molecular flexibility index (Phi) is 3.96. The van der Waals surface area contributed by atoms with E-state index in [1.807, 2.05) is 0 Å². The molecule has 0 saturated heterocycles. The van der Waals surface area contributed by atoms with E-state index in [2.05, 4.69) is 10.9 Å². The maximum atomic E-state index is 11.5. The lowest BCUT2D eigenvalue weighted by atomic mass is 10.3. The molecule has 7 heteroatoms. The van der Waals surface area contributed by atoms with Crippen molar-refractivity contribution in [2.75, 3.05) is 0 Å². The molecule has 20 heavy (non-hydrogen) atoms. The molecule has 0 radical (unpaired) electrons. The van der Waals surface area contributed by atoms with Gasteiger partial charge >= 0.3 is 0 Å². The first-order chi connectivity index (χ1) is 9.56. The van der Waals surface area contributed by atoms with Crippen molar-refractivity contribution < 1.29 is 9.72 Å². The highest BCUT2D eigenvalue weighted by Gasteiger charge is 2.12. The van der Waals surface area contributed by atoms with E-state index in [0.29, 0.717) is 16.7 Å². The van der Waals surface area contributed by atoms with Crippen LogP contribution in [0.3, 0.4) is 0 Å². The molecule has 0 aliphatic heterocycles. The van der Waals surface area contributed by atoms with Gasteiger partial charge in [-0.2, -0.15) is 4.99 Å². The lowest BCUT2D eigenvalue weighted by Crippen LogP contribution is -2.16. The summed E-state index contributed by atoms with van der Waals surface area (Å²) in [5.41, 5.74) is 0.597. The first-order valence-electron chi connectivity index (χ1n) is 5.85. The van der Waals surface area contributed by atoms with Gasteiger partial charge in [0.25, 0.3) is 5.69 Å². The van der Waals surface area contributed by atoms with Crippen molar-refractivity contribution in [3.63, 3.8) is 0 Å². The molecule has 6 nitrogen and oxygen atoms in total. The lowest BCUT2D eigenvalue weighted by molar-refractivity contribution is -0.384. The quantitative estimate of drug-likeness (QED) is 0.493. The van der Waals surface area contributed by atoms with Crippen LogP contribution in [-0.4, -0.2) is 15.4 Å². The van der Waals surface area contributed by atoms with E-state index < -0.39 is 4.92 Å². The molecule has 0 atom stereocenters. The molecular formula is C13H11N3O3S. The van der Waals surface area contributed by atoms with Gasteiger partial charge in [0, 0.05) is 18.6 Å². The first-order valence-corrected chi connectivity index (χ1v) is 6.67. The molecule has 0 bridgehead atoms. The second-order valence-corrected chi connectivity index (χ2v) is 4.95. The van der Waals surface area contributed by atoms with E-state index in [-0.39, 0.29) is 18.1 Å². The predicted molar refractivity (Wildman–Crippen MR) is 76.2 cm³/mol. The van der Waals surface area contributed by atoms with Crippen LogP contribution in [-0.2, 0) is 11.3 Å². The lowest BCUT2D eigenvalue weighted by Gasteiger charge is -1.99. The summed E-state index contributed by atoms with van der Waals surface area (Å²) in [5.74, 6) is 2.22. The smallest absolute Gasteiger partial charge is 0.271 e. The zero-order valence-electron chi connectivity index (χ0n) is 10.7. The zero-order valence-corrected chi connectivity index (χ0v) is 11.5. The van der Waals surface area contributed by atoms with Crippen molar-refractivity contribution in [3.05, 3.63) is 33.1 Å². The number of rotatable bonds is 3. The highest BCUT2D eigenvalue weighted by Crippen LogP contribution is 2.22. The minimum atomic E-state index is -0.467. The molecule has 0 fully saturated rings.